The largest absolute Gasteiger partial charge is 0.373 e. The second-order valence-electron chi connectivity index (χ2n) is 5.68. The maximum atomic E-state index is 12.5. The standard InChI is InChI=1S/C18H14N4O.CO2/c1-11-6-14-7-12(10-21-18(14)22-11)8-17(23)13-2-3-15-16(9-13)20-5-4-19-15;2-1-3/h2-7,9-10H,8H2,1H3,(H,21,22);. The molecule has 0 aliphatic heterocycles. The molecule has 0 bridgehead atoms. The molecule has 26 heavy (non-hydrogen) atoms. The van der Waals surface area contributed by atoms with Crippen LogP contribution in [-0.4, -0.2) is 31.9 Å². The molecule has 0 spiro atoms. The van der Waals surface area contributed by atoms with Gasteiger partial charge in [0.25, 0.3) is 0 Å². The van der Waals surface area contributed by atoms with Crippen molar-refractivity contribution in [2.24, 2.45) is 0 Å². The topological polar surface area (TPSA) is 106 Å². The van der Waals surface area contributed by atoms with E-state index in [-0.39, 0.29) is 11.9 Å². The maximum Gasteiger partial charge on any atom is 0.373 e. The van der Waals surface area contributed by atoms with Gasteiger partial charge in [-0.05, 0) is 42.8 Å². The smallest absolute Gasteiger partial charge is 0.344 e. The van der Waals surface area contributed by atoms with E-state index in [1.54, 1.807) is 30.7 Å². The minimum absolute atomic E-state index is 0.0472. The highest BCUT2D eigenvalue weighted by molar-refractivity contribution is 6.00. The van der Waals surface area contributed by atoms with Gasteiger partial charge >= 0.3 is 6.15 Å². The molecule has 0 aliphatic carbocycles. The summed E-state index contributed by atoms with van der Waals surface area (Å²) >= 11 is 0. The van der Waals surface area contributed by atoms with E-state index in [0.29, 0.717) is 12.0 Å². The Hall–Kier alpha value is -3.70. The van der Waals surface area contributed by atoms with Gasteiger partial charge in [-0.25, -0.2) is 4.98 Å². The van der Waals surface area contributed by atoms with Crippen LogP contribution >= 0.6 is 0 Å². The molecule has 0 atom stereocenters. The van der Waals surface area contributed by atoms with Crippen molar-refractivity contribution in [1.29, 1.82) is 0 Å². The average Bonchev–Trinajstić information content (AvgIpc) is 3.01. The number of nitrogens with zero attached hydrogens (tertiary/aromatic N) is 3. The lowest BCUT2D eigenvalue weighted by molar-refractivity contribution is -0.191. The molecule has 1 N–H and O–H groups in total. The summed E-state index contributed by atoms with van der Waals surface area (Å²) in [6.45, 7) is 1.99. The van der Waals surface area contributed by atoms with Crippen molar-refractivity contribution >= 4 is 34.0 Å². The van der Waals surface area contributed by atoms with E-state index < -0.39 is 0 Å². The first-order chi connectivity index (χ1) is 12.6. The molecule has 0 unspecified atom stereocenters. The van der Waals surface area contributed by atoms with Crippen LogP contribution in [0.3, 0.4) is 0 Å². The van der Waals surface area contributed by atoms with Crippen molar-refractivity contribution in [2.45, 2.75) is 13.3 Å². The van der Waals surface area contributed by atoms with Crippen LogP contribution in [0, 0.1) is 6.92 Å². The number of Topliss-reactive ketones (excluding diaryl/α,β-unsaturated/α-hetero) is 1. The number of pyridine rings is 1. The molecule has 4 aromatic rings. The fraction of sp³-hybridized carbons (Fsp3) is 0.105. The number of H-pyrrole nitrogens is 1. The number of hydrogen-bond donors (Lipinski definition) is 1. The Morgan fingerprint density at radius 2 is 1.77 bits per heavy atom. The summed E-state index contributed by atoms with van der Waals surface area (Å²) in [6, 6.07) is 9.45. The number of aromatic amines is 1. The van der Waals surface area contributed by atoms with E-state index in [1.165, 1.54) is 0 Å². The Balaban J connectivity index is 0.000000613. The number of aryl methyl sites for hydroxylation is 1. The van der Waals surface area contributed by atoms with Gasteiger partial charge in [-0.1, -0.05) is 0 Å². The number of benzene rings is 1. The summed E-state index contributed by atoms with van der Waals surface area (Å²) in [5.74, 6) is 0.0472. The SMILES string of the molecule is Cc1cc2cc(CC(=O)c3ccc4nccnc4c3)cnc2[nH]1.O=C=O. The lowest BCUT2D eigenvalue weighted by atomic mass is 10.0. The van der Waals surface area contributed by atoms with Crippen LogP contribution in [0.1, 0.15) is 21.6 Å². The van der Waals surface area contributed by atoms with Gasteiger partial charge in [0.1, 0.15) is 5.65 Å². The molecule has 0 fully saturated rings. The van der Waals surface area contributed by atoms with E-state index in [4.69, 9.17) is 9.59 Å². The van der Waals surface area contributed by atoms with Gasteiger partial charge in [0.15, 0.2) is 5.78 Å². The summed E-state index contributed by atoms with van der Waals surface area (Å²) in [6.07, 6.45) is 5.59. The molecule has 0 saturated carbocycles. The van der Waals surface area contributed by atoms with Crippen LogP contribution < -0.4 is 0 Å². The third-order valence-electron chi connectivity index (χ3n) is 3.82. The summed E-state index contributed by atoms with van der Waals surface area (Å²) in [7, 11) is 0. The summed E-state index contributed by atoms with van der Waals surface area (Å²) in [5.41, 5.74) is 4.97. The van der Waals surface area contributed by atoms with Crippen molar-refractivity contribution in [3.8, 4) is 0 Å². The Kier molecular flexibility index (Phi) is 4.92. The third-order valence-corrected chi connectivity index (χ3v) is 3.82. The minimum Gasteiger partial charge on any atom is -0.344 e. The number of ketones is 1. The highest BCUT2D eigenvalue weighted by Gasteiger charge is 2.10. The summed E-state index contributed by atoms with van der Waals surface area (Å²) < 4.78 is 0. The molecule has 3 aromatic heterocycles. The van der Waals surface area contributed by atoms with Crippen LogP contribution in [0.15, 0.2) is 48.9 Å². The van der Waals surface area contributed by atoms with E-state index in [9.17, 15) is 4.79 Å². The first-order valence-corrected chi connectivity index (χ1v) is 7.78. The normalized spacial score (nSPS) is 10.2. The van der Waals surface area contributed by atoms with Crippen LogP contribution in [0.2, 0.25) is 0 Å². The predicted octanol–water partition coefficient (Wildman–Crippen LogP) is 2.66. The van der Waals surface area contributed by atoms with Gasteiger partial charge in [-0.15, -0.1) is 0 Å². The quantitative estimate of drug-likeness (QED) is 0.572. The minimum atomic E-state index is 0.0472. The number of hydrogen-bond acceptors (Lipinski definition) is 6. The molecular formula is C19H14N4O3. The molecule has 1 aromatic carbocycles. The molecule has 4 rings (SSSR count). The van der Waals surface area contributed by atoms with Gasteiger partial charge in [-0.2, -0.15) is 9.59 Å². The molecule has 0 saturated heterocycles. The highest BCUT2D eigenvalue weighted by Crippen LogP contribution is 2.17. The van der Waals surface area contributed by atoms with Gasteiger partial charge in [0.05, 0.1) is 11.0 Å². The third kappa shape index (κ3) is 3.68. The van der Waals surface area contributed by atoms with Gasteiger partial charge in [0, 0.05) is 41.7 Å². The monoisotopic (exact) mass is 346 g/mol. The molecular weight excluding hydrogens is 332 g/mol. The summed E-state index contributed by atoms with van der Waals surface area (Å²) in [5, 5.41) is 1.03. The zero-order valence-corrected chi connectivity index (χ0v) is 13.9. The van der Waals surface area contributed by atoms with Gasteiger partial charge in [-0.3, -0.25) is 14.8 Å². The first kappa shape index (κ1) is 17.1. The van der Waals surface area contributed by atoms with E-state index >= 15 is 0 Å². The number of rotatable bonds is 3. The lowest BCUT2D eigenvalue weighted by Crippen LogP contribution is -2.04. The van der Waals surface area contributed by atoms with Crippen molar-refractivity contribution in [3.05, 3.63) is 65.7 Å². The van der Waals surface area contributed by atoms with Gasteiger partial charge in [0.2, 0.25) is 0 Å². The molecule has 0 amide bonds. The average molecular weight is 346 g/mol. The molecule has 3 heterocycles. The van der Waals surface area contributed by atoms with Gasteiger partial charge < -0.3 is 4.98 Å². The Labute approximate surface area is 148 Å². The second kappa shape index (κ2) is 7.46. The van der Waals surface area contributed by atoms with Crippen LogP contribution in [0.25, 0.3) is 22.1 Å². The van der Waals surface area contributed by atoms with Crippen molar-refractivity contribution in [2.75, 3.05) is 0 Å². The number of fused-ring (bicyclic) bond motifs is 2. The fourth-order valence-corrected chi connectivity index (χ4v) is 2.72. The second-order valence-corrected chi connectivity index (χ2v) is 5.68. The zero-order valence-electron chi connectivity index (χ0n) is 13.9. The first-order valence-electron chi connectivity index (χ1n) is 7.78. The van der Waals surface area contributed by atoms with Crippen molar-refractivity contribution in [1.82, 2.24) is 19.9 Å². The number of carbonyl (C=O) groups is 1. The van der Waals surface area contributed by atoms with E-state index in [2.05, 4.69) is 19.9 Å². The Bertz CT molecular complexity index is 1130. The van der Waals surface area contributed by atoms with E-state index in [1.807, 2.05) is 25.1 Å². The Morgan fingerprint density at radius 1 is 1.04 bits per heavy atom. The zero-order chi connectivity index (χ0) is 18.5. The van der Waals surface area contributed by atoms with Crippen LogP contribution in [0.4, 0.5) is 0 Å². The molecule has 0 radical (unpaired) electrons. The predicted molar refractivity (Wildman–Crippen MR) is 93.4 cm³/mol. The van der Waals surface area contributed by atoms with Crippen LogP contribution in [0.5, 0.6) is 0 Å². The number of carbonyl (C=O) groups excluding carboxylic acids is 3. The maximum absolute atomic E-state index is 12.5. The summed E-state index contributed by atoms with van der Waals surface area (Å²) in [4.78, 5) is 44.8. The highest BCUT2D eigenvalue weighted by atomic mass is 16.2. The molecule has 7 nitrogen and oxygen atoms in total. The molecule has 0 aliphatic rings. The fourth-order valence-electron chi connectivity index (χ4n) is 2.72. The number of aromatic nitrogens is 4. The van der Waals surface area contributed by atoms with E-state index in [0.717, 1.165) is 33.3 Å². The lowest BCUT2D eigenvalue weighted by Gasteiger charge is -2.03. The molecule has 7 heteroatoms. The Morgan fingerprint density at radius 3 is 2.54 bits per heavy atom. The number of nitrogens with one attached hydrogen (secondary N) is 1. The van der Waals surface area contributed by atoms with Crippen molar-refractivity contribution in [3.63, 3.8) is 0 Å². The van der Waals surface area contributed by atoms with Crippen molar-refractivity contribution < 1.29 is 14.4 Å². The molecule has 128 valence electrons. The van der Waals surface area contributed by atoms with Crippen LogP contribution in [-0.2, 0) is 16.0 Å².